The van der Waals surface area contributed by atoms with Crippen molar-refractivity contribution in [1.82, 2.24) is 0 Å². The monoisotopic (exact) mass is 846 g/mol. The van der Waals surface area contributed by atoms with Gasteiger partial charge in [-0.05, 0) is 121 Å². The van der Waals surface area contributed by atoms with Crippen molar-refractivity contribution in [3.8, 4) is 33.4 Å². The van der Waals surface area contributed by atoms with E-state index < -0.39 is 0 Å². The molecule has 2 aliphatic rings. The average Bonchev–Trinajstić information content (AvgIpc) is 3.65. The molecule has 0 fully saturated rings. The average molecular weight is 847 g/mol. The normalized spacial score (nSPS) is 13.6. The van der Waals surface area contributed by atoms with Crippen molar-refractivity contribution in [2.75, 3.05) is 9.71 Å². The highest BCUT2D eigenvalue weighted by molar-refractivity contribution is 7.26. The Labute approximate surface area is 384 Å². The molecule has 0 atom stereocenters. The topological polar surface area (TPSA) is 6.48 Å². The molecule has 1 aromatic heterocycles. The standard InChI is InChI=1S/C60H55BN2S/c1-58(2,3)41-25-28-44(29-26-41)63-52-30-24-40(38-18-12-10-13-19-38)32-47(52)49-34-43(60(7,8)9)35-54-57(49)61(63)50-36-48-45-22-16-17-23-55(45)64-56(48)37-53(50)62(54)51-31-27-42(59(4,5)6)33-46(51)39-20-14-11-15-21-39/h10-37H,1-9H3. The third-order valence-electron chi connectivity index (χ3n) is 13.7. The second kappa shape index (κ2) is 14.6. The number of rotatable bonds is 4. The zero-order valence-electron chi connectivity index (χ0n) is 38.5. The summed E-state index contributed by atoms with van der Waals surface area (Å²) in [4.78, 5) is 5.31. The first-order valence-corrected chi connectivity index (χ1v) is 23.7. The van der Waals surface area contributed by atoms with E-state index in [2.05, 4.69) is 242 Å². The van der Waals surface area contributed by atoms with Gasteiger partial charge in [-0.3, -0.25) is 0 Å². The van der Waals surface area contributed by atoms with Gasteiger partial charge in [-0.2, -0.15) is 0 Å². The van der Waals surface area contributed by atoms with Crippen LogP contribution in [0.5, 0.6) is 0 Å². The maximum Gasteiger partial charge on any atom is 0.333 e. The first-order valence-electron chi connectivity index (χ1n) is 22.9. The van der Waals surface area contributed by atoms with Gasteiger partial charge in [0.15, 0.2) is 0 Å². The van der Waals surface area contributed by atoms with Crippen LogP contribution in [0.2, 0.25) is 0 Å². The van der Waals surface area contributed by atoms with Gasteiger partial charge in [0, 0.05) is 54.0 Å². The molecule has 8 aromatic carbocycles. The molecular weight excluding hydrogens is 792 g/mol. The van der Waals surface area contributed by atoms with Gasteiger partial charge >= 0.3 is 6.85 Å². The fourth-order valence-electron chi connectivity index (χ4n) is 10.1. The zero-order chi connectivity index (χ0) is 44.3. The minimum atomic E-state index is -0.113. The van der Waals surface area contributed by atoms with Gasteiger partial charge in [0.1, 0.15) is 0 Å². The van der Waals surface area contributed by atoms with Crippen molar-refractivity contribution >= 4 is 77.7 Å². The van der Waals surface area contributed by atoms with E-state index in [4.69, 9.17) is 0 Å². The Bertz CT molecular complexity index is 3270. The maximum absolute atomic E-state index is 2.66. The molecule has 0 N–H and O–H groups in total. The molecule has 0 amide bonds. The van der Waals surface area contributed by atoms with Crippen LogP contribution in [0, 0.1) is 0 Å². The van der Waals surface area contributed by atoms with Crippen LogP contribution in [0.4, 0.5) is 28.4 Å². The van der Waals surface area contributed by atoms with E-state index in [0.717, 1.165) is 0 Å². The number of hydrogen-bond donors (Lipinski definition) is 0. The molecule has 0 spiro atoms. The lowest BCUT2D eigenvalue weighted by Gasteiger charge is -2.47. The fourth-order valence-corrected chi connectivity index (χ4v) is 11.3. The summed E-state index contributed by atoms with van der Waals surface area (Å²) in [5.74, 6) is 0. The summed E-state index contributed by atoms with van der Waals surface area (Å²) < 4.78 is 2.62. The first kappa shape index (κ1) is 40.4. The third kappa shape index (κ3) is 6.60. The highest BCUT2D eigenvalue weighted by Gasteiger charge is 2.46. The van der Waals surface area contributed by atoms with Crippen molar-refractivity contribution in [3.05, 3.63) is 187 Å². The second-order valence-electron chi connectivity index (χ2n) is 21.1. The van der Waals surface area contributed by atoms with Crippen molar-refractivity contribution in [2.45, 2.75) is 78.6 Å². The maximum atomic E-state index is 2.66. The fraction of sp³-hybridized carbons (Fsp3) is 0.200. The Balaban J connectivity index is 1.29. The summed E-state index contributed by atoms with van der Waals surface area (Å²) in [5.41, 5.74) is 20.1. The van der Waals surface area contributed by atoms with Gasteiger partial charge in [0.25, 0.3) is 0 Å². The second-order valence-corrected chi connectivity index (χ2v) is 22.1. The molecule has 2 nitrogen and oxygen atoms in total. The molecule has 0 unspecified atom stereocenters. The lowest BCUT2D eigenvalue weighted by atomic mass is 9.43. The summed E-state index contributed by atoms with van der Waals surface area (Å²) in [6.45, 7) is 20.9. The first-order chi connectivity index (χ1) is 30.6. The molecule has 0 radical (unpaired) electrons. The van der Waals surface area contributed by atoms with Crippen LogP contribution >= 0.6 is 11.3 Å². The van der Waals surface area contributed by atoms with Gasteiger partial charge in [-0.1, -0.05) is 178 Å². The van der Waals surface area contributed by atoms with Crippen LogP contribution in [-0.2, 0) is 16.2 Å². The molecule has 64 heavy (non-hydrogen) atoms. The van der Waals surface area contributed by atoms with E-state index in [1.165, 1.54) is 110 Å². The lowest BCUT2D eigenvalue weighted by Crippen LogP contribution is -2.61. The molecule has 9 aromatic rings. The van der Waals surface area contributed by atoms with Crippen LogP contribution in [0.15, 0.2) is 170 Å². The predicted molar refractivity (Wildman–Crippen MR) is 280 cm³/mol. The number of thiophene rings is 1. The number of benzene rings is 8. The molecule has 0 bridgehead atoms. The van der Waals surface area contributed by atoms with E-state index in [1.54, 1.807) is 0 Å². The zero-order valence-corrected chi connectivity index (χ0v) is 39.4. The highest BCUT2D eigenvalue weighted by atomic mass is 32.1. The minimum absolute atomic E-state index is 0.0231. The third-order valence-corrected chi connectivity index (χ3v) is 14.8. The summed E-state index contributed by atoms with van der Waals surface area (Å²) in [7, 11) is 0. The molecular formula is C60H55BN2S. The van der Waals surface area contributed by atoms with Crippen molar-refractivity contribution < 1.29 is 0 Å². The highest BCUT2D eigenvalue weighted by Crippen LogP contribution is 2.52. The van der Waals surface area contributed by atoms with Gasteiger partial charge < -0.3 is 9.71 Å². The van der Waals surface area contributed by atoms with Crippen molar-refractivity contribution in [2.24, 2.45) is 0 Å². The Kier molecular flexibility index (Phi) is 9.21. The molecule has 0 aliphatic carbocycles. The SMILES string of the molecule is CC(C)(C)c1ccc(N2B3c4cc5c(cc4N(c4ccc(C(C)(C)C)cc4-c4ccccc4)c4cc(C(C)(C)C)cc(c43)-c3cc(-c4ccccc4)ccc32)sc2ccccc25)cc1. The summed E-state index contributed by atoms with van der Waals surface area (Å²) in [6.07, 6.45) is 0. The van der Waals surface area contributed by atoms with Crippen LogP contribution in [0.25, 0.3) is 53.6 Å². The van der Waals surface area contributed by atoms with E-state index >= 15 is 0 Å². The number of nitrogens with zero attached hydrogens (tertiary/aromatic N) is 2. The number of anilines is 5. The molecule has 314 valence electrons. The van der Waals surface area contributed by atoms with Gasteiger partial charge in [-0.15, -0.1) is 11.3 Å². The quantitative estimate of drug-likeness (QED) is 0.163. The van der Waals surface area contributed by atoms with Crippen LogP contribution in [-0.4, -0.2) is 6.85 Å². The van der Waals surface area contributed by atoms with Gasteiger partial charge in [0.2, 0.25) is 0 Å². The predicted octanol–water partition coefficient (Wildman–Crippen LogP) is 16.0. The van der Waals surface area contributed by atoms with Crippen LogP contribution in [0.3, 0.4) is 0 Å². The van der Waals surface area contributed by atoms with E-state index in [0.29, 0.717) is 0 Å². The van der Waals surface area contributed by atoms with Crippen molar-refractivity contribution in [1.29, 1.82) is 0 Å². The minimum Gasteiger partial charge on any atom is -0.376 e. The van der Waals surface area contributed by atoms with E-state index in [9.17, 15) is 0 Å². The molecule has 2 aliphatic heterocycles. The molecule has 11 rings (SSSR count). The molecule has 4 heteroatoms. The van der Waals surface area contributed by atoms with Crippen molar-refractivity contribution in [3.63, 3.8) is 0 Å². The Morgan fingerprint density at radius 3 is 1.69 bits per heavy atom. The Morgan fingerprint density at radius 1 is 0.391 bits per heavy atom. The molecule has 0 saturated carbocycles. The lowest BCUT2D eigenvalue weighted by molar-refractivity contribution is 0.590. The molecule has 0 saturated heterocycles. The Hall–Kier alpha value is -6.36. The van der Waals surface area contributed by atoms with Gasteiger partial charge in [-0.25, -0.2) is 0 Å². The summed E-state index contributed by atoms with van der Waals surface area (Å²) >= 11 is 1.90. The summed E-state index contributed by atoms with van der Waals surface area (Å²) in [6, 6.07) is 64.8. The Morgan fingerprint density at radius 2 is 1.00 bits per heavy atom. The van der Waals surface area contributed by atoms with Crippen LogP contribution < -0.4 is 20.6 Å². The van der Waals surface area contributed by atoms with E-state index in [-0.39, 0.29) is 23.1 Å². The van der Waals surface area contributed by atoms with E-state index in [1.807, 2.05) is 11.3 Å². The smallest absolute Gasteiger partial charge is 0.333 e. The van der Waals surface area contributed by atoms with Crippen LogP contribution in [0.1, 0.15) is 79.0 Å². The molecule has 3 heterocycles. The largest absolute Gasteiger partial charge is 0.376 e. The number of fused-ring (bicyclic) bond motifs is 7. The summed E-state index contributed by atoms with van der Waals surface area (Å²) in [5, 5.41) is 2.63. The van der Waals surface area contributed by atoms with Gasteiger partial charge in [0.05, 0.1) is 5.69 Å². The number of hydrogen-bond acceptors (Lipinski definition) is 3.